The number of aliphatic carboxylic acids is 1. The number of urea groups is 1. The highest BCUT2D eigenvalue weighted by atomic mass is 16.4. The molecular weight excluding hydrogens is 274 g/mol. The van der Waals surface area contributed by atoms with Crippen molar-refractivity contribution in [3.8, 4) is 0 Å². The molecule has 7 nitrogen and oxygen atoms in total. The van der Waals surface area contributed by atoms with E-state index in [1.54, 1.807) is 24.3 Å². The van der Waals surface area contributed by atoms with E-state index in [9.17, 15) is 14.4 Å². The molecule has 0 saturated carbocycles. The van der Waals surface area contributed by atoms with Crippen molar-refractivity contribution in [3.63, 3.8) is 0 Å². The summed E-state index contributed by atoms with van der Waals surface area (Å²) in [6, 6.07) is 7.44. The maximum absolute atomic E-state index is 11.6. The summed E-state index contributed by atoms with van der Waals surface area (Å²) in [4.78, 5) is 33.3. The minimum absolute atomic E-state index is 0.173. The van der Waals surface area contributed by atoms with Crippen LogP contribution in [0, 0.1) is 0 Å². The smallest absolute Gasteiger partial charge is 0.326 e. The van der Waals surface area contributed by atoms with Crippen molar-refractivity contribution < 1.29 is 19.5 Å². The standard InChI is InChI=1S/C14H19N3O4/c15-12(18)7-4-8-16-14(21)17-11(13(19)20)9-10-5-2-1-3-6-10/h1-3,5-6,11H,4,7-9H2,(H2,15,18)(H,19,20)(H2,16,17,21)/t11-/m0/s1. The van der Waals surface area contributed by atoms with Crippen molar-refractivity contribution >= 4 is 17.9 Å². The second-order valence-corrected chi connectivity index (χ2v) is 4.55. The van der Waals surface area contributed by atoms with E-state index < -0.39 is 23.9 Å². The summed E-state index contributed by atoms with van der Waals surface area (Å²) in [7, 11) is 0. The number of hydrogen-bond acceptors (Lipinski definition) is 3. The quantitative estimate of drug-likeness (QED) is 0.513. The number of amides is 3. The Morgan fingerprint density at radius 3 is 2.43 bits per heavy atom. The molecule has 0 radical (unpaired) electrons. The third kappa shape index (κ3) is 6.95. The number of carboxylic acids is 1. The topological polar surface area (TPSA) is 122 Å². The summed E-state index contributed by atoms with van der Waals surface area (Å²) in [6.45, 7) is 0.256. The summed E-state index contributed by atoms with van der Waals surface area (Å²) >= 11 is 0. The van der Waals surface area contributed by atoms with Gasteiger partial charge in [0.05, 0.1) is 0 Å². The van der Waals surface area contributed by atoms with Gasteiger partial charge < -0.3 is 21.5 Å². The third-order valence-electron chi connectivity index (χ3n) is 2.77. The minimum atomic E-state index is -1.11. The van der Waals surface area contributed by atoms with Gasteiger partial charge >= 0.3 is 12.0 Å². The molecule has 1 rings (SSSR count). The first kappa shape index (κ1) is 16.5. The van der Waals surface area contributed by atoms with E-state index in [-0.39, 0.29) is 19.4 Å². The zero-order valence-corrected chi connectivity index (χ0v) is 11.5. The Labute approximate surface area is 122 Å². The fourth-order valence-corrected chi connectivity index (χ4v) is 1.72. The lowest BCUT2D eigenvalue weighted by Crippen LogP contribution is -2.47. The molecule has 5 N–H and O–H groups in total. The number of hydrogen-bond donors (Lipinski definition) is 4. The predicted molar refractivity (Wildman–Crippen MR) is 76.5 cm³/mol. The minimum Gasteiger partial charge on any atom is -0.480 e. The van der Waals surface area contributed by atoms with Gasteiger partial charge in [-0.05, 0) is 12.0 Å². The first-order chi connectivity index (χ1) is 9.99. The molecule has 3 amide bonds. The van der Waals surface area contributed by atoms with Crippen LogP contribution in [0.4, 0.5) is 4.79 Å². The summed E-state index contributed by atoms with van der Waals surface area (Å²) in [5.41, 5.74) is 5.79. The van der Waals surface area contributed by atoms with Gasteiger partial charge in [0.2, 0.25) is 5.91 Å². The molecule has 0 aliphatic rings. The van der Waals surface area contributed by atoms with Crippen LogP contribution in [0.15, 0.2) is 30.3 Å². The summed E-state index contributed by atoms with van der Waals surface area (Å²) in [6.07, 6.45) is 0.788. The van der Waals surface area contributed by atoms with Gasteiger partial charge in [-0.15, -0.1) is 0 Å². The van der Waals surface area contributed by atoms with Gasteiger partial charge in [-0.25, -0.2) is 9.59 Å². The molecule has 0 aromatic heterocycles. The maximum Gasteiger partial charge on any atom is 0.326 e. The average molecular weight is 293 g/mol. The van der Waals surface area contributed by atoms with E-state index in [4.69, 9.17) is 10.8 Å². The average Bonchev–Trinajstić information content (AvgIpc) is 2.44. The van der Waals surface area contributed by atoms with Crippen molar-refractivity contribution in [2.45, 2.75) is 25.3 Å². The molecule has 0 heterocycles. The molecule has 114 valence electrons. The van der Waals surface area contributed by atoms with Gasteiger partial charge in [0.1, 0.15) is 6.04 Å². The molecule has 0 spiro atoms. The highest BCUT2D eigenvalue weighted by Gasteiger charge is 2.20. The van der Waals surface area contributed by atoms with Gasteiger partial charge in [-0.2, -0.15) is 0 Å². The van der Waals surface area contributed by atoms with E-state index in [1.807, 2.05) is 6.07 Å². The van der Waals surface area contributed by atoms with Crippen molar-refractivity contribution in [1.29, 1.82) is 0 Å². The molecule has 1 aromatic rings. The number of rotatable bonds is 8. The molecule has 0 saturated heterocycles. The number of benzene rings is 1. The molecule has 0 unspecified atom stereocenters. The molecule has 0 bridgehead atoms. The normalized spacial score (nSPS) is 11.4. The first-order valence-electron chi connectivity index (χ1n) is 6.58. The van der Waals surface area contributed by atoms with Crippen LogP contribution in [0.5, 0.6) is 0 Å². The van der Waals surface area contributed by atoms with Crippen LogP contribution in [0.3, 0.4) is 0 Å². The Balaban J connectivity index is 2.41. The van der Waals surface area contributed by atoms with E-state index in [2.05, 4.69) is 10.6 Å². The number of nitrogens with two attached hydrogens (primary N) is 1. The Morgan fingerprint density at radius 1 is 1.19 bits per heavy atom. The SMILES string of the molecule is NC(=O)CCCNC(=O)N[C@@H](Cc1ccccc1)C(=O)O. The molecular formula is C14H19N3O4. The van der Waals surface area contributed by atoms with E-state index in [1.165, 1.54) is 0 Å². The monoisotopic (exact) mass is 293 g/mol. The van der Waals surface area contributed by atoms with Crippen LogP contribution in [0.2, 0.25) is 0 Å². The van der Waals surface area contributed by atoms with Crippen molar-refractivity contribution in [2.24, 2.45) is 5.73 Å². The van der Waals surface area contributed by atoms with Crippen LogP contribution in [0.1, 0.15) is 18.4 Å². The number of carbonyl (C=O) groups is 3. The number of carboxylic acid groups (broad SMARTS) is 1. The molecule has 7 heteroatoms. The van der Waals surface area contributed by atoms with Crippen LogP contribution in [-0.4, -0.2) is 35.6 Å². The van der Waals surface area contributed by atoms with Crippen LogP contribution in [-0.2, 0) is 16.0 Å². The van der Waals surface area contributed by atoms with Crippen molar-refractivity contribution in [3.05, 3.63) is 35.9 Å². The van der Waals surface area contributed by atoms with Gasteiger partial charge in [0, 0.05) is 19.4 Å². The van der Waals surface area contributed by atoms with Gasteiger partial charge in [-0.3, -0.25) is 4.79 Å². The summed E-state index contributed by atoms with van der Waals surface area (Å²) in [5.74, 6) is -1.55. The molecule has 21 heavy (non-hydrogen) atoms. The Hall–Kier alpha value is -2.57. The van der Waals surface area contributed by atoms with E-state index >= 15 is 0 Å². The van der Waals surface area contributed by atoms with Gasteiger partial charge in [-0.1, -0.05) is 30.3 Å². The highest BCUT2D eigenvalue weighted by molar-refractivity contribution is 5.82. The summed E-state index contributed by atoms with van der Waals surface area (Å²) < 4.78 is 0. The van der Waals surface area contributed by atoms with E-state index in [0.29, 0.717) is 6.42 Å². The lowest BCUT2D eigenvalue weighted by Gasteiger charge is -2.15. The van der Waals surface area contributed by atoms with Crippen LogP contribution >= 0.6 is 0 Å². The molecule has 1 aromatic carbocycles. The lowest BCUT2D eigenvalue weighted by molar-refractivity contribution is -0.139. The second kappa shape index (κ2) is 8.57. The molecule has 0 aliphatic carbocycles. The zero-order chi connectivity index (χ0) is 15.7. The largest absolute Gasteiger partial charge is 0.480 e. The molecule has 1 atom stereocenters. The Bertz CT molecular complexity index is 490. The van der Waals surface area contributed by atoms with Crippen LogP contribution in [0.25, 0.3) is 0 Å². The summed E-state index contributed by atoms with van der Waals surface area (Å²) in [5, 5.41) is 14.0. The number of nitrogens with one attached hydrogen (secondary N) is 2. The lowest BCUT2D eigenvalue weighted by atomic mass is 10.1. The molecule has 0 aliphatic heterocycles. The van der Waals surface area contributed by atoms with E-state index in [0.717, 1.165) is 5.56 Å². The predicted octanol–water partition coefficient (Wildman–Crippen LogP) is 0.247. The van der Waals surface area contributed by atoms with Crippen molar-refractivity contribution in [2.75, 3.05) is 6.54 Å². The number of primary amides is 1. The number of carbonyl (C=O) groups excluding carboxylic acids is 2. The molecule has 0 fully saturated rings. The highest BCUT2D eigenvalue weighted by Crippen LogP contribution is 2.03. The van der Waals surface area contributed by atoms with Crippen LogP contribution < -0.4 is 16.4 Å². The Morgan fingerprint density at radius 2 is 1.86 bits per heavy atom. The first-order valence-corrected chi connectivity index (χ1v) is 6.58. The Kier molecular flexibility index (Phi) is 6.73. The second-order valence-electron chi connectivity index (χ2n) is 4.55. The maximum atomic E-state index is 11.6. The van der Waals surface area contributed by atoms with Gasteiger partial charge in [0.25, 0.3) is 0 Å². The van der Waals surface area contributed by atoms with Gasteiger partial charge in [0.15, 0.2) is 0 Å². The van der Waals surface area contributed by atoms with Crippen molar-refractivity contribution in [1.82, 2.24) is 10.6 Å². The fraction of sp³-hybridized carbons (Fsp3) is 0.357. The third-order valence-corrected chi connectivity index (χ3v) is 2.77. The fourth-order valence-electron chi connectivity index (χ4n) is 1.72. The zero-order valence-electron chi connectivity index (χ0n) is 11.5.